The van der Waals surface area contributed by atoms with Gasteiger partial charge in [-0.3, -0.25) is 14.3 Å². The summed E-state index contributed by atoms with van der Waals surface area (Å²) in [5.74, 6) is 0.525. The minimum Gasteiger partial charge on any atom is -0.489 e. The monoisotopic (exact) mass is 628 g/mol. The van der Waals surface area contributed by atoms with Gasteiger partial charge in [-0.15, -0.1) is 0 Å². The zero-order valence-electron chi connectivity index (χ0n) is 20.5. The lowest BCUT2D eigenvalue weighted by molar-refractivity contribution is -0.113. The Balaban J connectivity index is 1.29. The van der Waals surface area contributed by atoms with Crippen LogP contribution < -0.4 is 15.4 Å². The van der Waals surface area contributed by atoms with Crippen molar-refractivity contribution in [3.8, 4) is 5.75 Å². The van der Waals surface area contributed by atoms with Crippen molar-refractivity contribution in [3.63, 3.8) is 0 Å². The molecule has 0 spiro atoms. The fourth-order valence-electron chi connectivity index (χ4n) is 3.41. The average molecular weight is 628 g/mol. The number of hydrogen-bond acceptors (Lipinski definition) is 7. The molecular formula is C26H25IN6O3S. The summed E-state index contributed by atoms with van der Waals surface area (Å²) in [4.78, 5) is 33.5. The third kappa shape index (κ3) is 7.76. The van der Waals surface area contributed by atoms with Gasteiger partial charge < -0.3 is 15.4 Å². The summed E-state index contributed by atoms with van der Waals surface area (Å²) in [6.07, 6.45) is 3.18. The highest BCUT2D eigenvalue weighted by molar-refractivity contribution is 14.1. The van der Waals surface area contributed by atoms with Crippen molar-refractivity contribution in [1.29, 1.82) is 0 Å². The number of nitrogens with zero attached hydrogens (tertiary/aromatic N) is 4. The van der Waals surface area contributed by atoms with E-state index in [1.807, 2.05) is 50.2 Å². The van der Waals surface area contributed by atoms with E-state index in [9.17, 15) is 9.59 Å². The molecule has 0 radical (unpaired) electrons. The van der Waals surface area contributed by atoms with Gasteiger partial charge in [-0.25, -0.2) is 9.97 Å². The van der Waals surface area contributed by atoms with E-state index < -0.39 is 0 Å². The third-order valence-corrected chi connectivity index (χ3v) is 6.81. The normalized spacial score (nSPS) is 10.7. The predicted molar refractivity (Wildman–Crippen MR) is 152 cm³/mol. The second-order valence-electron chi connectivity index (χ2n) is 8.26. The van der Waals surface area contributed by atoms with Crippen LogP contribution >= 0.6 is 34.4 Å². The number of hydrogen-bond donors (Lipinski definition) is 2. The van der Waals surface area contributed by atoms with E-state index in [1.54, 1.807) is 30.1 Å². The number of anilines is 2. The summed E-state index contributed by atoms with van der Waals surface area (Å²) < 4.78 is 8.37. The number of ether oxygens (including phenoxy) is 1. The van der Waals surface area contributed by atoms with Crippen molar-refractivity contribution >= 4 is 57.5 Å². The van der Waals surface area contributed by atoms with Crippen molar-refractivity contribution in [1.82, 2.24) is 19.7 Å². The first kappa shape index (κ1) is 26.6. The molecule has 0 bridgehead atoms. The Labute approximate surface area is 232 Å². The van der Waals surface area contributed by atoms with Crippen LogP contribution in [0.5, 0.6) is 5.75 Å². The van der Waals surface area contributed by atoms with E-state index in [4.69, 9.17) is 4.74 Å². The number of amides is 2. The molecule has 0 saturated heterocycles. The van der Waals surface area contributed by atoms with Gasteiger partial charge in [0, 0.05) is 33.9 Å². The van der Waals surface area contributed by atoms with Crippen LogP contribution in [0.15, 0.2) is 66.1 Å². The summed E-state index contributed by atoms with van der Waals surface area (Å²) in [5.41, 5.74) is 4.53. The lowest BCUT2D eigenvalue weighted by Crippen LogP contribution is -2.14. The molecule has 2 N–H and O–H groups in total. The number of halogens is 1. The van der Waals surface area contributed by atoms with E-state index >= 15 is 0 Å². The van der Waals surface area contributed by atoms with Crippen molar-refractivity contribution in [2.75, 3.05) is 16.4 Å². The van der Waals surface area contributed by atoms with Gasteiger partial charge in [-0.2, -0.15) is 5.10 Å². The van der Waals surface area contributed by atoms with Crippen molar-refractivity contribution in [2.24, 2.45) is 7.05 Å². The average Bonchev–Trinajstić information content (AvgIpc) is 3.29. The van der Waals surface area contributed by atoms with E-state index in [1.165, 1.54) is 18.0 Å². The Morgan fingerprint density at radius 1 is 1.05 bits per heavy atom. The minimum absolute atomic E-state index is 0.135. The highest BCUT2D eigenvalue weighted by Gasteiger charge is 2.11. The van der Waals surface area contributed by atoms with Crippen molar-refractivity contribution < 1.29 is 14.3 Å². The maximum Gasteiger partial charge on any atom is 0.258 e. The first-order valence-corrected chi connectivity index (χ1v) is 13.4. The van der Waals surface area contributed by atoms with Crippen LogP contribution in [0.2, 0.25) is 0 Å². The molecule has 9 nitrogen and oxygen atoms in total. The fourth-order valence-corrected chi connectivity index (χ4v) is 4.78. The first-order chi connectivity index (χ1) is 17.7. The molecule has 2 heterocycles. The minimum atomic E-state index is -0.224. The number of rotatable bonds is 9. The quantitative estimate of drug-likeness (QED) is 0.153. The number of thioether (sulfide) groups is 1. The summed E-state index contributed by atoms with van der Waals surface area (Å²) >= 11 is 3.46. The summed E-state index contributed by atoms with van der Waals surface area (Å²) in [6, 6.07) is 14.9. The molecule has 0 aliphatic rings. The number of aryl methyl sites for hydroxylation is 3. The third-order valence-electron chi connectivity index (χ3n) is 5.07. The molecule has 190 valence electrons. The molecule has 2 aromatic carbocycles. The Morgan fingerprint density at radius 2 is 1.84 bits per heavy atom. The second-order valence-corrected chi connectivity index (χ2v) is 10.4. The van der Waals surface area contributed by atoms with Crippen LogP contribution in [0.1, 0.15) is 27.3 Å². The van der Waals surface area contributed by atoms with Gasteiger partial charge in [-0.05, 0) is 78.4 Å². The number of nitrogens with one attached hydrogen (secondary N) is 2. The smallest absolute Gasteiger partial charge is 0.258 e. The summed E-state index contributed by atoms with van der Waals surface area (Å²) in [7, 11) is 1.76. The molecule has 0 saturated carbocycles. The highest BCUT2D eigenvalue weighted by atomic mass is 127. The van der Waals surface area contributed by atoms with Gasteiger partial charge in [0.25, 0.3) is 5.91 Å². The van der Waals surface area contributed by atoms with Crippen LogP contribution in [-0.2, 0) is 18.4 Å². The van der Waals surface area contributed by atoms with Crippen LogP contribution in [-0.4, -0.2) is 37.3 Å². The molecule has 0 aliphatic carbocycles. The Hall–Kier alpha value is -3.45. The second kappa shape index (κ2) is 12.2. The first-order valence-electron chi connectivity index (χ1n) is 11.3. The van der Waals surface area contributed by atoms with Crippen LogP contribution in [0.4, 0.5) is 11.4 Å². The molecule has 37 heavy (non-hydrogen) atoms. The predicted octanol–water partition coefficient (Wildman–Crippen LogP) is 4.99. The van der Waals surface area contributed by atoms with E-state index in [-0.39, 0.29) is 17.6 Å². The van der Waals surface area contributed by atoms with E-state index in [2.05, 4.69) is 48.3 Å². The van der Waals surface area contributed by atoms with Gasteiger partial charge >= 0.3 is 0 Å². The van der Waals surface area contributed by atoms with Crippen LogP contribution in [0.3, 0.4) is 0 Å². The molecule has 2 amide bonds. The molecule has 2 aromatic heterocycles. The number of carbonyl (C=O) groups is 2. The molecule has 0 unspecified atom stereocenters. The topological polar surface area (TPSA) is 111 Å². The number of benzene rings is 2. The molecule has 4 rings (SSSR count). The molecule has 0 fully saturated rings. The zero-order chi connectivity index (χ0) is 26.4. The maximum absolute atomic E-state index is 12.4. The highest BCUT2D eigenvalue weighted by Crippen LogP contribution is 2.25. The molecule has 11 heteroatoms. The lowest BCUT2D eigenvalue weighted by Gasteiger charge is -2.11. The van der Waals surface area contributed by atoms with E-state index in [0.717, 1.165) is 20.5 Å². The Morgan fingerprint density at radius 3 is 2.54 bits per heavy atom. The van der Waals surface area contributed by atoms with Crippen molar-refractivity contribution in [3.05, 3.63) is 87.0 Å². The number of aromatic nitrogens is 4. The summed E-state index contributed by atoms with van der Waals surface area (Å²) in [6.45, 7) is 4.14. The van der Waals surface area contributed by atoms with Gasteiger partial charge in [0.1, 0.15) is 12.4 Å². The van der Waals surface area contributed by atoms with Gasteiger partial charge in [0.15, 0.2) is 5.16 Å². The van der Waals surface area contributed by atoms with Gasteiger partial charge in [0.2, 0.25) is 5.91 Å². The summed E-state index contributed by atoms with van der Waals surface area (Å²) in [5, 5.41) is 10.4. The standard InChI is InChI=1S/C26H25IN6O3S/c1-16-9-17(2)30-26(29-16)37-15-24(34)31-20-6-4-5-18(10-20)14-36-21-7-8-23(22(27)11-21)32-25(35)19-12-28-33(3)13-19/h4-13H,14-15H2,1-3H3,(H,31,34)(H,32,35). The molecule has 0 atom stereocenters. The maximum atomic E-state index is 12.4. The van der Waals surface area contributed by atoms with Crippen LogP contribution in [0, 0.1) is 17.4 Å². The Bertz CT molecular complexity index is 1420. The fraction of sp³-hybridized carbons (Fsp3) is 0.192. The largest absolute Gasteiger partial charge is 0.489 e. The van der Waals surface area contributed by atoms with Crippen molar-refractivity contribution in [2.45, 2.75) is 25.6 Å². The van der Waals surface area contributed by atoms with Gasteiger partial charge in [0.05, 0.1) is 23.2 Å². The lowest BCUT2D eigenvalue weighted by atomic mass is 10.2. The Kier molecular flexibility index (Phi) is 8.77. The molecule has 0 aliphatic heterocycles. The van der Waals surface area contributed by atoms with Gasteiger partial charge in [-0.1, -0.05) is 23.9 Å². The van der Waals surface area contributed by atoms with Crippen LogP contribution in [0.25, 0.3) is 0 Å². The SMILES string of the molecule is Cc1cc(C)nc(SCC(=O)Nc2cccc(COc3ccc(NC(=O)c4cnn(C)c4)c(I)c3)c2)n1. The molecule has 4 aromatic rings. The molecular weight excluding hydrogens is 603 g/mol. The number of carbonyl (C=O) groups excluding carboxylic acids is 2. The zero-order valence-corrected chi connectivity index (χ0v) is 23.5. The van der Waals surface area contributed by atoms with E-state index in [0.29, 0.717) is 34.5 Å².